The normalized spacial score (nSPS) is 19.2. The van der Waals surface area contributed by atoms with Crippen LogP contribution in [-0.4, -0.2) is 53.5 Å². The van der Waals surface area contributed by atoms with Gasteiger partial charge in [0, 0.05) is 24.8 Å². The fourth-order valence-corrected chi connectivity index (χ4v) is 1.88. The molecule has 0 unspecified atom stereocenters. The van der Waals surface area contributed by atoms with Crippen molar-refractivity contribution in [1.29, 1.82) is 0 Å². The van der Waals surface area contributed by atoms with Crippen molar-refractivity contribution in [2.45, 2.75) is 12.6 Å². The van der Waals surface area contributed by atoms with Crippen LogP contribution in [0.3, 0.4) is 0 Å². The molecule has 3 N–H and O–H groups in total. The van der Waals surface area contributed by atoms with Crippen molar-refractivity contribution in [3.05, 3.63) is 24.0 Å². The largest absolute Gasteiger partial charge is 0.489 e. The van der Waals surface area contributed by atoms with Gasteiger partial charge in [0.15, 0.2) is 0 Å². The molecule has 1 fully saturated rings. The first-order valence-corrected chi connectivity index (χ1v) is 6.06. The summed E-state index contributed by atoms with van der Waals surface area (Å²) >= 11 is 0. The predicted octanol–water partition coefficient (Wildman–Crippen LogP) is 0.298. The molecule has 0 spiro atoms. The molecule has 2 rings (SSSR count). The second-order valence-corrected chi connectivity index (χ2v) is 4.22. The molecular formula is C12H17N3O4. The summed E-state index contributed by atoms with van der Waals surface area (Å²) in [6.07, 6.45) is 2.05. The number of nitrogens with two attached hydrogens (primary N) is 1. The summed E-state index contributed by atoms with van der Waals surface area (Å²) in [7, 11) is 0. The number of nitrogens with zero attached hydrogens (tertiary/aromatic N) is 2. The zero-order valence-corrected chi connectivity index (χ0v) is 10.5. The van der Waals surface area contributed by atoms with Gasteiger partial charge in [0.2, 0.25) is 0 Å². The van der Waals surface area contributed by atoms with E-state index in [0.717, 1.165) is 5.56 Å². The van der Waals surface area contributed by atoms with E-state index in [4.69, 9.17) is 20.3 Å². The maximum atomic E-state index is 10.9. The number of carbonyl (C=O) groups is 1. The molecular weight excluding hydrogens is 250 g/mol. The number of aromatic nitrogens is 1. The fraction of sp³-hybridized carbons (Fsp3) is 0.500. The molecule has 0 aromatic carbocycles. The number of rotatable bonds is 4. The van der Waals surface area contributed by atoms with Crippen LogP contribution in [0.1, 0.15) is 5.56 Å². The molecule has 1 amide bonds. The maximum absolute atomic E-state index is 10.9. The van der Waals surface area contributed by atoms with Gasteiger partial charge in [-0.2, -0.15) is 0 Å². The van der Waals surface area contributed by atoms with Crippen LogP contribution in [0.5, 0.6) is 5.75 Å². The van der Waals surface area contributed by atoms with E-state index in [1.807, 2.05) is 0 Å². The Labute approximate surface area is 110 Å². The van der Waals surface area contributed by atoms with E-state index in [-0.39, 0.29) is 12.7 Å². The van der Waals surface area contributed by atoms with Gasteiger partial charge in [-0.15, -0.1) is 0 Å². The van der Waals surface area contributed by atoms with Crippen LogP contribution < -0.4 is 10.5 Å². The average molecular weight is 267 g/mol. The third kappa shape index (κ3) is 3.55. The van der Waals surface area contributed by atoms with Gasteiger partial charge in [0.1, 0.15) is 18.5 Å². The smallest absolute Gasteiger partial charge is 0.407 e. The quantitative estimate of drug-likeness (QED) is 0.814. The van der Waals surface area contributed by atoms with E-state index >= 15 is 0 Å². The van der Waals surface area contributed by atoms with Gasteiger partial charge in [0.05, 0.1) is 19.3 Å². The van der Waals surface area contributed by atoms with Gasteiger partial charge in [-0.3, -0.25) is 4.98 Å². The molecule has 2 heterocycles. The summed E-state index contributed by atoms with van der Waals surface area (Å²) in [6.45, 7) is 1.74. The number of morpholine rings is 1. The third-order valence-corrected chi connectivity index (χ3v) is 2.92. The molecule has 0 bridgehead atoms. The second kappa shape index (κ2) is 6.35. The Morgan fingerprint density at radius 1 is 1.68 bits per heavy atom. The second-order valence-electron chi connectivity index (χ2n) is 4.22. The highest BCUT2D eigenvalue weighted by Gasteiger charge is 2.24. The van der Waals surface area contributed by atoms with Crippen molar-refractivity contribution in [2.75, 3.05) is 26.3 Å². The molecule has 1 aromatic rings. The van der Waals surface area contributed by atoms with E-state index in [1.54, 1.807) is 18.5 Å². The van der Waals surface area contributed by atoms with Crippen molar-refractivity contribution in [2.24, 2.45) is 5.73 Å². The Balaban J connectivity index is 1.89. The highest BCUT2D eigenvalue weighted by atomic mass is 16.5. The lowest BCUT2D eigenvalue weighted by Gasteiger charge is -2.30. The standard InChI is InChI=1S/C12H17N3O4/c13-5-9-1-2-14-6-11(9)19-8-10-7-15(12(16)17)3-4-18-10/h1-2,6,10H,3-5,7-8,13H2,(H,16,17)/t10-/m1/s1. The molecule has 7 heteroatoms. The molecule has 19 heavy (non-hydrogen) atoms. The summed E-state index contributed by atoms with van der Waals surface area (Å²) in [4.78, 5) is 16.2. The SMILES string of the molecule is NCc1ccncc1OC[C@H]1CN(C(=O)O)CCO1. The molecule has 0 radical (unpaired) electrons. The first kappa shape index (κ1) is 13.6. The molecule has 1 aromatic heterocycles. The van der Waals surface area contributed by atoms with Crippen LogP contribution in [-0.2, 0) is 11.3 Å². The van der Waals surface area contributed by atoms with Gasteiger partial charge in [-0.1, -0.05) is 0 Å². The van der Waals surface area contributed by atoms with Crippen molar-refractivity contribution in [3.63, 3.8) is 0 Å². The molecule has 7 nitrogen and oxygen atoms in total. The highest BCUT2D eigenvalue weighted by Crippen LogP contribution is 2.16. The summed E-state index contributed by atoms with van der Waals surface area (Å²) in [6, 6.07) is 1.79. The first-order chi connectivity index (χ1) is 9.20. The number of amides is 1. The summed E-state index contributed by atoms with van der Waals surface area (Å²) in [5.41, 5.74) is 6.46. The van der Waals surface area contributed by atoms with Crippen LogP contribution >= 0.6 is 0 Å². The van der Waals surface area contributed by atoms with E-state index < -0.39 is 6.09 Å². The number of pyridine rings is 1. The number of carboxylic acid groups (broad SMARTS) is 1. The molecule has 1 aliphatic heterocycles. The summed E-state index contributed by atoms with van der Waals surface area (Å²) < 4.78 is 11.1. The Hall–Kier alpha value is -1.86. The molecule has 104 valence electrons. The highest BCUT2D eigenvalue weighted by molar-refractivity contribution is 5.65. The van der Waals surface area contributed by atoms with Crippen molar-refractivity contribution < 1.29 is 19.4 Å². The molecule has 0 saturated carbocycles. The zero-order valence-electron chi connectivity index (χ0n) is 10.5. The molecule has 1 atom stereocenters. The van der Waals surface area contributed by atoms with Crippen LogP contribution in [0.15, 0.2) is 18.5 Å². The zero-order chi connectivity index (χ0) is 13.7. The minimum atomic E-state index is -0.933. The monoisotopic (exact) mass is 267 g/mol. The lowest BCUT2D eigenvalue weighted by Crippen LogP contribution is -2.47. The molecule has 1 aliphatic rings. The summed E-state index contributed by atoms with van der Waals surface area (Å²) in [5, 5.41) is 8.93. The Bertz CT molecular complexity index is 441. The topological polar surface area (TPSA) is 97.9 Å². The van der Waals surface area contributed by atoms with Crippen LogP contribution in [0.2, 0.25) is 0 Å². The van der Waals surface area contributed by atoms with Crippen molar-refractivity contribution in [1.82, 2.24) is 9.88 Å². The molecule has 1 saturated heterocycles. The average Bonchev–Trinajstić information content (AvgIpc) is 2.45. The number of hydrogen-bond acceptors (Lipinski definition) is 5. The minimum Gasteiger partial charge on any atom is -0.489 e. The van der Waals surface area contributed by atoms with Gasteiger partial charge < -0.3 is 25.2 Å². The van der Waals surface area contributed by atoms with Gasteiger partial charge >= 0.3 is 6.09 Å². The fourth-order valence-electron chi connectivity index (χ4n) is 1.88. The Kier molecular flexibility index (Phi) is 4.53. The maximum Gasteiger partial charge on any atom is 0.407 e. The lowest BCUT2D eigenvalue weighted by atomic mass is 10.2. The van der Waals surface area contributed by atoms with E-state index in [0.29, 0.717) is 32.0 Å². The molecule has 0 aliphatic carbocycles. The van der Waals surface area contributed by atoms with E-state index in [1.165, 1.54) is 4.90 Å². The van der Waals surface area contributed by atoms with Gasteiger partial charge in [-0.05, 0) is 6.07 Å². The van der Waals surface area contributed by atoms with E-state index in [2.05, 4.69) is 4.98 Å². The first-order valence-electron chi connectivity index (χ1n) is 6.06. The van der Waals surface area contributed by atoms with E-state index in [9.17, 15) is 4.79 Å². The Morgan fingerprint density at radius 2 is 2.53 bits per heavy atom. The predicted molar refractivity (Wildman–Crippen MR) is 67.0 cm³/mol. The number of hydrogen-bond donors (Lipinski definition) is 2. The van der Waals surface area contributed by atoms with Gasteiger partial charge in [-0.25, -0.2) is 4.79 Å². The third-order valence-electron chi connectivity index (χ3n) is 2.92. The van der Waals surface area contributed by atoms with Crippen LogP contribution in [0, 0.1) is 0 Å². The minimum absolute atomic E-state index is 0.268. The van der Waals surface area contributed by atoms with Crippen molar-refractivity contribution in [3.8, 4) is 5.75 Å². The summed E-state index contributed by atoms with van der Waals surface area (Å²) in [5.74, 6) is 0.612. The number of ether oxygens (including phenoxy) is 2. The van der Waals surface area contributed by atoms with Gasteiger partial charge in [0.25, 0.3) is 0 Å². The Morgan fingerprint density at radius 3 is 3.26 bits per heavy atom. The van der Waals surface area contributed by atoms with Crippen LogP contribution in [0.4, 0.5) is 4.79 Å². The van der Waals surface area contributed by atoms with Crippen LogP contribution in [0.25, 0.3) is 0 Å². The lowest BCUT2D eigenvalue weighted by molar-refractivity contribution is -0.0413. The van der Waals surface area contributed by atoms with Crippen molar-refractivity contribution >= 4 is 6.09 Å².